The van der Waals surface area contributed by atoms with E-state index in [0.717, 1.165) is 12.8 Å². The van der Waals surface area contributed by atoms with Gasteiger partial charge in [-0.1, -0.05) is 13.3 Å². The fourth-order valence-corrected chi connectivity index (χ4v) is 3.02. The summed E-state index contributed by atoms with van der Waals surface area (Å²) in [5.41, 5.74) is 1.69. The summed E-state index contributed by atoms with van der Waals surface area (Å²) < 4.78 is 16.0. The lowest BCUT2D eigenvalue weighted by Crippen LogP contribution is -2.39. The van der Waals surface area contributed by atoms with Gasteiger partial charge >= 0.3 is 0 Å². The van der Waals surface area contributed by atoms with E-state index in [-0.39, 0.29) is 18.4 Å². The number of unbranched alkanes of at least 4 members (excludes halogenated alkanes) is 1. The average Bonchev–Trinajstić information content (AvgIpc) is 2.72. The van der Waals surface area contributed by atoms with Crippen LogP contribution in [0.5, 0.6) is 17.2 Å². The van der Waals surface area contributed by atoms with Crippen molar-refractivity contribution in [2.24, 2.45) is 0 Å². The van der Waals surface area contributed by atoms with Crippen LogP contribution in [0.15, 0.2) is 36.4 Å². The first-order valence-corrected chi connectivity index (χ1v) is 9.18. The fraction of sp³-hybridized carbons (Fsp3) is 0.333. The van der Waals surface area contributed by atoms with Gasteiger partial charge in [-0.15, -0.1) is 0 Å². The van der Waals surface area contributed by atoms with E-state index in [4.69, 9.17) is 14.2 Å². The van der Waals surface area contributed by atoms with Crippen molar-refractivity contribution in [3.63, 3.8) is 0 Å². The van der Waals surface area contributed by atoms with Crippen molar-refractivity contribution in [2.45, 2.75) is 19.8 Å². The number of nitrogens with zero attached hydrogens (tertiary/aromatic N) is 1. The zero-order chi connectivity index (χ0) is 20.1. The van der Waals surface area contributed by atoms with Gasteiger partial charge in [0.1, 0.15) is 5.75 Å². The standard InChI is InChI=1S/C21H24N2O5/c1-4-5-10-23-16-12-15(7-9-17(16)28-13-20(23)24)22-21(25)14-6-8-18(26-2)19(11-14)27-3/h6-9,11-12H,4-5,10,13H2,1-3H3,(H,22,25). The number of hydrogen-bond acceptors (Lipinski definition) is 5. The topological polar surface area (TPSA) is 77.1 Å². The smallest absolute Gasteiger partial charge is 0.265 e. The van der Waals surface area contributed by atoms with Crippen LogP contribution in [-0.2, 0) is 4.79 Å². The van der Waals surface area contributed by atoms with Crippen molar-refractivity contribution in [3.8, 4) is 17.2 Å². The molecule has 148 valence electrons. The molecule has 0 radical (unpaired) electrons. The summed E-state index contributed by atoms with van der Waals surface area (Å²) in [4.78, 5) is 26.6. The number of hydrogen-bond donors (Lipinski definition) is 1. The summed E-state index contributed by atoms with van der Waals surface area (Å²) in [6.45, 7) is 2.73. The molecule has 2 aromatic rings. The Morgan fingerprint density at radius 1 is 1.14 bits per heavy atom. The Morgan fingerprint density at radius 3 is 2.64 bits per heavy atom. The Morgan fingerprint density at radius 2 is 1.93 bits per heavy atom. The number of carbonyl (C=O) groups excluding carboxylic acids is 2. The molecule has 0 unspecified atom stereocenters. The zero-order valence-electron chi connectivity index (χ0n) is 16.3. The highest BCUT2D eigenvalue weighted by atomic mass is 16.5. The Kier molecular flexibility index (Phi) is 6.03. The van der Waals surface area contributed by atoms with Gasteiger partial charge in [0.15, 0.2) is 18.1 Å². The normalized spacial score (nSPS) is 12.8. The van der Waals surface area contributed by atoms with Crippen molar-refractivity contribution in [1.82, 2.24) is 0 Å². The lowest BCUT2D eigenvalue weighted by molar-refractivity contribution is -0.121. The second-order valence-electron chi connectivity index (χ2n) is 6.39. The number of rotatable bonds is 7. The molecule has 7 nitrogen and oxygen atoms in total. The first-order valence-electron chi connectivity index (χ1n) is 9.18. The Hall–Kier alpha value is -3.22. The highest BCUT2D eigenvalue weighted by Gasteiger charge is 2.25. The number of ether oxygens (including phenoxy) is 3. The van der Waals surface area contributed by atoms with Gasteiger partial charge in [-0.25, -0.2) is 0 Å². The third kappa shape index (κ3) is 4.03. The minimum atomic E-state index is -0.288. The van der Waals surface area contributed by atoms with Crippen LogP contribution in [0.3, 0.4) is 0 Å². The van der Waals surface area contributed by atoms with Crippen LogP contribution >= 0.6 is 0 Å². The van der Waals surface area contributed by atoms with Crippen LogP contribution in [0.2, 0.25) is 0 Å². The highest BCUT2D eigenvalue weighted by molar-refractivity contribution is 6.05. The monoisotopic (exact) mass is 384 g/mol. The van der Waals surface area contributed by atoms with Crippen LogP contribution in [-0.4, -0.2) is 39.2 Å². The van der Waals surface area contributed by atoms with Gasteiger partial charge in [-0.2, -0.15) is 0 Å². The van der Waals surface area contributed by atoms with Crippen LogP contribution < -0.4 is 24.4 Å². The van der Waals surface area contributed by atoms with E-state index >= 15 is 0 Å². The molecule has 2 aromatic carbocycles. The van der Waals surface area contributed by atoms with Crippen LogP contribution in [0.1, 0.15) is 30.1 Å². The van der Waals surface area contributed by atoms with Gasteiger partial charge in [0.05, 0.1) is 19.9 Å². The van der Waals surface area contributed by atoms with E-state index in [0.29, 0.717) is 40.7 Å². The molecule has 0 spiro atoms. The summed E-state index contributed by atoms with van der Waals surface area (Å²) in [5, 5.41) is 2.86. The number of carbonyl (C=O) groups is 2. The maximum atomic E-state index is 12.6. The molecule has 1 heterocycles. The van der Waals surface area contributed by atoms with Gasteiger partial charge in [-0.3, -0.25) is 9.59 Å². The number of methoxy groups -OCH3 is 2. The number of benzene rings is 2. The highest BCUT2D eigenvalue weighted by Crippen LogP contribution is 2.35. The molecule has 7 heteroatoms. The van der Waals surface area contributed by atoms with Crippen LogP contribution in [0.25, 0.3) is 0 Å². The van der Waals surface area contributed by atoms with E-state index in [1.54, 1.807) is 48.4 Å². The molecule has 0 saturated heterocycles. The quantitative estimate of drug-likeness (QED) is 0.791. The lowest BCUT2D eigenvalue weighted by atomic mass is 10.1. The predicted molar refractivity (Wildman–Crippen MR) is 107 cm³/mol. The average molecular weight is 384 g/mol. The van der Waals surface area contributed by atoms with Gasteiger partial charge in [0.25, 0.3) is 11.8 Å². The van der Waals surface area contributed by atoms with Gasteiger partial charge in [0, 0.05) is 17.8 Å². The molecule has 0 atom stereocenters. The summed E-state index contributed by atoms with van der Waals surface area (Å²) in [5.74, 6) is 1.30. The van der Waals surface area contributed by atoms with E-state index in [9.17, 15) is 9.59 Å². The molecule has 0 aromatic heterocycles. The second kappa shape index (κ2) is 8.65. The molecule has 0 fully saturated rings. The Bertz CT molecular complexity index is 881. The molecule has 3 rings (SSSR count). The van der Waals surface area contributed by atoms with Crippen molar-refractivity contribution in [1.29, 1.82) is 0 Å². The first-order chi connectivity index (χ1) is 13.6. The van der Waals surface area contributed by atoms with Crippen molar-refractivity contribution >= 4 is 23.2 Å². The molecular formula is C21H24N2O5. The van der Waals surface area contributed by atoms with E-state index < -0.39 is 0 Å². The Labute approximate surface area is 164 Å². The van der Waals surface area contributed by atoms with Crippen molar-refractivity contribution in [2.75, 3.05) is 37.6 Å². The fourth-order valence-electron chi connectivity index (χ4n) is 3.02. The zero-order valence-corrected chi connectivity index (χ0v) is 16.3. The number of nitrogens with one attached hydrogen (secondary N) is 1. The molecule has 0 saturated carbocycles. The maximum absolute atomic E-state index is 12.6. The van der Waals surface area contributed by atoms with Crippen molar-refractivity contribution < 1.29 is 23.8 Å². The molecule has 1 aliphatic heterocycles. The minimum absolute atomic E-state index is 0.0358. The third-order valence-corrected chi connectivity index (χ3v) is 4.54. The molecule has 1 aliphatic rings. The molecule has 0 bridgehead atoms. The Balaban J connectivity index is 1.82. The molecule has 1 N–H and O–H groups in total. The van der Waals surface area contributed by atoms with Crippen molar-refractivity contribution in [3.05, 3.63) is 42.0 Å². The molecule has 28 heavy (non-hydrogen) atoms. The largest absolute Gasteiger partial charge is 0.493 e. The van der Waals surface area contributed by atoms with Gasteiger partial charge in [-0.05, 0) is 42.8 Å². The molecule has 2 amide bonds. The summed E-state index contributed by atoms with van der Waals surface area (Å²) in [7, 11) is 3.06. The van der Waals surface area contributed by atoms with Crippen LogP contribution in [0.4, 0.5) is 11.4 Å². The predicted octanol–water partition coefficient (Wildman–Crippen LogP) is 3.48. The van der Waals surface area contributed by atoms with E-state index in [1.807, 2.05) is 0 Å². The SMILES string of the molecule is CCCCN1C(=O)COc2ccc(NC(=O)c3ccc(OC)c(OC)c3)cc21. The van der Waals surface area contributed by atoms with Gasteiger partial charge < -0.3 is 24.4 Å². The lowest BCUT2D eigenvalue weighted by Gasteiger charge is -2.29. The summed E-state index contributed by atoms with van der Waals surface area (Å²) in [6, 6.07) is 10.2. The first kappa shape index (κ1) is 19.5. The van der Waals surface area contributed by atoms with E-state index in [2.05, 4.69) is 12.2 Å². The second-order valence-corrected chi connectivity index (χ2v) is 6.39. The minimum Gasteiger partial charge on any atom is -0.493 e. The number of anilines is 2. The van der Waals surface area contributed by atoms with E-state index in [1.165, 1.54) is 7.11 Å². The molecular weight excluding hydrogens is 360 g/mol. The van der Waals surface area contributed by atoms with Crippen LogP contribution in [0, 0.1) is 0 Å². The maximum Gasteiger partial charge on any atom is 0.265 e. The summed E-state index contributed by atoms with van der Waals surface area (Å²) >= 11 is 0. The number of fused-ring (bicyclic) bond motifs is 1. The third-order valence-electron chi connectivity index (χ3n) is 4.54. The summed E-state index contributed by atoms with van der Waals surface area (Å²) in [6.07, 6.45) is 1.88. The van der Waals surface area contributed by atoms with Gasteiger partial charge in [0.2, 0.25) is 0 Å². The number of amides is 2. The molecule has 0 aliphatic carbocycles.